The van der Waals surface area contributed by atoms with Crippen molar-refractivity contribution in [2.75, 3.05) is 6.54 Å². The zero-order valence-electron chi connectivity index (χ0n) is 18.8. The van der Waals surface area contributed by atoms with Crippen LogP contribution in [0.25, 0.3) is 0 Å². The van der Waals surface area contributed by atoms with Gasteiger partial charge in [-0.15, -0.1) is 0 Å². The van der Waals surface area contributed by atoms with Gasteiger partial charge in [0.2, 0.25) is 5.91 Å². The Hall–Kier alpha value is -2.39. The van der Waals surface area contributed by atoms with E-state index >= 15 is 0 Å². The van der Waals surface area contributed by atoms with Gasteiger partial charge in [-0.2, -0.15) is 5.10 Å². The van der Waals surface area contributed by atoms with Gasteiger partial charge in [-0.3, -0.25) is 14.3 Å². The lowest BCUT2D eigenvalue weighted by Crippen LogP contribution is -2.30. The minimum absolute atomic E-state index is 0.00796. The summed E-state index contributed by atoms with van der Waals surface area (Å²) in [6.07, 6.45) is 7.35. The summed E-state index contributed by atoms with van der Waals surface area (Å²) in [5, 5.41) is 7.08. The lowest BCUT2D eigenvalue weighted by Gasteiger charge is -2.10. The molecule has 1 heterocycles. The van der Waals surface area contributed by atoms with Crippen LogP contribution in [0, 0.1) is 6.92 Å². The topological polar surface area (TPSA) is 110 Å². The lowest BCUT2D eigenvalue weighted by molar-refractivity contribution is -0.119. The first-order valence-electron chi connectivity index (χ1n) is 10.8. The molecule has 0 saturated heterocycles. The van der Waals surface area contributed by atoms with Crippen LogP contribution in [0.3, 0.4) is 0 Å². The number of carbonyl (C=O) groups excluding carboxylic acids is 2. The maximum Gasteiger partial charge on any atom is 0.264 e. The van der Waals surface area contributed by atoms with Crippen LogP contribution in [0.2, 0.25) is 5.02 Å². The molecule has 2 rings (SSSR count). The summed E-state index contributed by atoms with van der Waals surface area (Å²) < 4.78 is 28.7. The second-order valence-electron chi connectivity index (χ2n) is 7.77. The number of nitrogens with one attached hydrogen (secondary N) is 2. The second kappa shape index (κ2) is 12.0. The number of amides is 2. The zero-order valence-corrected chi connectivity index (χ0v) is 20.4. The SMILES string of the molecule is CCCCCCCC(=O)NS(=O)(=O)c1ccc(C(=O)NCCc2nn(C)cc2C)c(Cl)c1. The lowest BCUT2D eigenvalue weighted by atomic mass is 10.1. The molecule has 2 amide bonds. The maximum absolute atomic E-state index is 12.5. The highest BCUT2D eigenvalue weighted by Crippen LogP contribution is 2.21. The van der Waals surface area contributed by atoms with E-state index in [0.29, 0.717) is 19.4 Å². The van der Waals surface area contributed by atoms with Gasteiger partial charge < -0.3 is 5.32 Å². The Labute approximate surface area is 194 Å². The molecule has 0 spiro atoms. The molecule has 176 valence electrons. The largest absolute Gasteiger partial charge is 0.352 e. The minimum Gasteiger partial charge on any atom is -0.352 e. The number of benzene rings is 1. The van der Waals surface area contributed by atoms with Crippen molar-refractivity contribution in [3.63, 3.8) is 0 Å². The standard InChI is InChI=1S/C22H31ClN4O4S/c1-4-5-6-7-8-9-21(28)26-32(30,31)17-10-11-18(19(23)14-17)22(29)24-13-12-20-16(2)15-27(3)25-20/h10-11,14-15H,4-9,12-13H2,1-3H3,(H,24,29)(H,26,28). The molecule has 0 bridgehead atoms. The van der Waals surface area contributed by atoms with E-state index in [1.165, 1.54) is 18.2 Å². The first kappa shape index (κ1) is 25.9. The van der Waals surface area contributed by atoms with Crippen LogP contribution in [0.15, 0.2) is 29.3 Å². The smallest absolute Gasteiger partial charge is 0.264 e. The number of aryl methyl sites for hydroxylation is 2. The first-order chi connectivity index (χ1) is 15.1. The van der Waals surface area contributed by atoms with Gasteiger partial charge in [0.1, 0.15) is 0 Å². The summed E-state index contributed by atoms with van der Waals surface area (Å²) in [5.41, 5.74) is 2.09. The molecule has 0 saturated carbocycles. The summed E-state index contributed by atoms with van der Waals surface area (Å²) in [5.74, 6) is -0.965. The fourth-order valence-corrected chi connectivity index (χ4v) is 4.66. The third kappa shape index (κ3) is 7.63. The highest BCUT2D eigenvalue weighted by atomic mass is 35.5. The normalized spacial score (nSPS) is 11.4. The van der Waals surface area contributed by atoms with E-state index in [2.05, 4.69) is 22.1 Å². The Kier molecular flexibility index (Phi) is 9.71. The number of carbonyl (C=O) groups is 2. The molecule has 0 unspecified atom stereocenters. The van der Waals surface area contributed by atoms with Crippen LogP contribution in [-0.4, -0.2) is 36.6 Å². The highest BCUT2D eigenvalue weighted by molar-refractivity contribution is 7.90. The molecule has 0 atom stereocenters. The third-order valence-corrected chi connectivity index (χ3v) is 6.70. The fourth-order valence-electron chi connectivity index (χ4n) is 3.29. The van der Waals surface area contributed by atoms with Crippen molar-refractivity contribution in [2.24, 2.45) is 7.05 Å². The van der Waals surface area contributed by atoms with E-state index in [1.54, 1.807) is 4.68 Å². The third-order valence-electron chi connectivity index (χ3n) is 5.01. The molecule has 2 N–H and O–H groups in total. The molecular formula is C22H31ClN4O4S. The quantitative estimate of drug-likeness (QED) is 0.450. The molecule has 0 aliphatic heterocycles. The van der Waals surface area contributed by atoms with Crippen molar-refractivity contribution in [3.05, 3.63) is 46.2 Å². The highest BCUT2D eigenvalue weighted by Gasteiger charge is 2.20. The van der Waals surface area contributed by atoms with E-state index in [4.69, 9.17) is 11.6 Å². The molecule has 1 aromatic heterocycles. The van der Waals surface area contributed by atoms with Gasteiger partial charge in [0.05, 0.1) is 21.2 Å². The van der Waals surface area contributed by atoms with Gasteiger partial charge in [0, 0.05) is 32.6 Å². The predicted octanol–water partition coefficient (Wildman–Crippen LogP) is 3.52. The van der Waals surface area contributed by atoms with Gasteiger partial charge >= 0.3 is 0 Å². The maximum atomic E-state index is 12.5. The molecular weight excluding hydrogens is 452 g/mol. The van der Waals surface area contributed by atoms with Crippen molar-refractivity contribution in [1.29, 1.82) is 0 Å². The van der Waals surface area contributed by atoms with Gasteiger partial charge in [-0.05, 0) is 37.1 Å². The molecule has 10 heteroatoms. The number of nitrogens with zero attached hydrogens (tertiary/aromatic N) is 2. The first-order valence-corrected chi connectivity index (χ1v) is 12.6. The average molecular weight is 483 g/mol. The van der Waals surface area contributed by atoms with E-state index < -0.39 is 21.8 Å². The second-order valence-corrected chi connectivity index (χ2v) is 9.86. The Morgan fingerprint density at radius 3 is 2.50 bits per heavy atom. The summed E-state index contributed by atoms with van der Waals surface area (Å²) >= 11 is 6.17. The molecule has 2 aromatic rings. The number of sulfonamides is 1. The van der Waals surface area contributed by atoms with Crippen LogP contribution in [-0.2, 0) is 28.3 Å². The van der Waals surface area contributed by atoms with Crippen molar-refractivity contribution < 1.29 is 18.0 Å². The van der Waals surface area contributed by atoms with Crippen LogP contribution in [0.5, 0.6) is 0 Å². The predicted molar refractivity (Wildman–Crippen MR) is 124 cm³/mol. The Morgan fingerprint density at radius 2 is 1.88 bits per heavy atom. The van der Waals surface area contributed by atoms with E-state index in [0.717, 1.165) is 36.9 Å². The van der Waals surface area contributed by atoms with Crippen LogP contribution >= 0.6 is 11.6 Å². The summed E-state index contributed by atoms with van der Waals surface area (Å²) in [4.78, 5) is 24.3. The monoisotopic (exact) mass is 482 g/mol. The summed E-state index contributed by atoms with van der Waals surface area (Å²) in [7, 11) is -2.22. The van der Waals surface area contributed by atoms with Crippen molar-refractivity contribution in [1.82, 2.24) is 19.8 Å². The van der Waals surface area contributed by atoms with Crippen LogP contribution in [0.1, 0.15) is 67.1 Å². The van der Waals surface area contributed by atoms with Gasteiger partial charge in [0.25, 0.3) is 15.9 Å². The Bertz CT molecular complexity index is 1050. The number of halogens is 1. The molecule has 0 fully saturated rings. The van der Waals surface area contributed by atoms with Crippen molar-refractivity contribution >= 4 is 33.4 Å². The number of rotatable bonds is 12. The van der Waals surface area contributed by atoms with Gasteiger partial charge in [0.15, 0.2) is 0 Å². The van der Waals surface area contributed by atoms with Crippen LogP contribution in [0.4, 0.5) is 0 Å². The van der Waals surface area contributed by atoms with Gasteiger partial charge in [-0.1, -0.05) is 44.2 Å². The Balaban J connectivity index is 1.92. The molecule has 0 radical (unpaired) electrons. The van der Waals surface area contributed by atoms with Crippen molar-refractivity contribution in [2.45, 2.75) is 63.7 Å². The van der Waals surface area contributed by atoms with Crippen LogP contribution < -0.4 is 10.0 Å². The number of hydrogen-bond donors (Lipinski definition) is 2. The molecule has 1 aromatic carbocycles. The van der Waals surface area contributed by atoms with E-state index in [1.807, 2.05) is 20.2 Å². The fraction of sp³-hybridized carbons (Fsp3) is 0.500. The number of hydrogen-bond acceptors (Lipinski definition) is 5. The summed E-state index contributed by atoms with van der Waals surface area (Å²) in [6.45, 7) is 4.41. The number of unbranched alkanes of at least 4 members (excludes halogenated alkanes) is 4. The molecule has 32 heavy (non-hydrogen) atoms. The molecule has 8 nitrogen and oxygen atoms in total. The van der Waals surface area contributed by atoms with Crippen molar-refractivity contribution in [3.8, 4) is 0 Å². The average Bonchev–Trinajstić information content (AvgIpc) is 3.04. The van der Waals surface area contributed by atoms with Gasteiger partial charge in [-0.25, -0.2) is 13.1 Å². The molecule has 0 aliphatic rings. The molecule has 0 aliphatic carbocycles. The number of aromatic nitrogens is 2. The van der Waals surface area contributed by atoms with E-state index in [-0.39, 0.29) is 21.9 Å². The summed E-state index contributed by atoms with van der Waals surface area (Å²) in [6, 6.07) is 3.78. The zero-order chi connectivity index (χ0) is 23.7. The Morgan fingerprint density at radius 1 is 1.16 bits per heavy atom. The minimum atomic E-state index is -4.05. The van der Waals surface area contributed by atoms with E-state index in [9.17, 15) is 18.0 Å².